The van der Waals surface area contributed by atoms with E-state index in [0.717, 1.165) is 13.0 Å². The maximum Gasteiger partial charge on any atom is 0.305 e. The van der Waals surface area contributed by atoms with Gasteiger partial charge in [0.25, 0.3) is 0 Å². The molecule has 1 amide bonds. The van der Waals surface area contributed by atoms with Gasteiger partial charge in [-0.25, -0.2) is 0 Å². The van der Waals surface area contributed by atoms with Crippen LogP contribution in [0.5, 0.6) is 0 Å². The van der Waals surface area contributed by atoms with Crippen LogP contribution in [0.4, 0.5) is 0 Å². The number of fused-ring (bicyclic) bond motifs is 1. The predicted molar refractivity (Wildman–Crippen MR) is 52.3 cm³/mol. The van der Waals surface area contributed by atoms with Crippen molar-refractivity contribution < 1.29 is 14.7 Å². The summed E-state index contributed by atoms with van der Waals surface area (Å²) in [4.78, 5) is 27.9. The summed E-state index contributed by atoms with van der Waals surface area (Å²) in [6.45, 7) is 1.42. The van der Waals surface area contributed by atoms with Gasteiger partial charge in [-0.1, -0.05) is 11.8 Å². The Morgan fingerprint density at radius 1 is 1.71 bits per heavy atom. The molecule has 1 N–H and O–H groups in total. The molecule has 2 heterocycles. The van der Waals surface area contributed by atoms with Crippen molar-refractivity contribution in [2.24, 2.45) is 4.99 Å². The molecule has 6 heteroatoms. The number of hydrogen-bond acceptors (Lipinski definition) is 4. The Labute approximate surface area is 85.2 Å². The minimum absolute atomic E-state index is 0.101. The van der Waals surface area contributed by atoms with Crippen LogP contribution in [0.2, 0.25) is 0 Å². The normalized spacial score (nSPS) is 26.0. The first-order valence-corrected chi connectivity index (χ1v) is 5.31. The van der Waals surface area contributed by atoms with Crippen molar-refractivity contribution in [1.29, 1.82) is 0 Å². The number of rotatable bonds is 2. The van der Waals surface area contributed by atoms with Crippen LogP contribution in [-0.4, -0.2) is 45.4 Å². The van der Waals surface area contributed by atoms with Gasteiger partial charge < -0.3 is 5.11 Å². The molecule has 1 fully saturated rings. The van der Waals surface area contributed by atoms with Crippen molar-refractivity contribution in [3.63, 3.8) is 0 Å². The summed E-state index contributed by atoms with van der Waals surface area (Å²) in [5, 5.41) is 8.83. The molecule has 0 aromatic rings. The number of nitrogens with zero attached hydrogens (tertiary/aromatic N) is 2. The third-order valence-corrected chi connectivity index (χ3v) is 3.38. The Hall–Kier alpha value is -1.04. The molecular weight excluding hydrogens is 204 g/mol. The van der Waals surface area contributed by atoms with Gasteiger partial charge in [-0.15, -0.1) is 0 Å². The molecule has 0 aromatic heterocycles. The van der Waals surface area contributed by atoms with E-state index >= 15 is 0 Å². The monoisotopic (exact) mass is 214 g/mol. The van der Waals surface area contributed by atoms with Gasteiger partial charge in [-0.3, -0.25) is 19.5 Å². The van der Waals surface area contributed by atoms with Gasteiger partial charge in [0.1, 0.15) is 5.25 Å². The van der Waals surface area contributed by atoms with Gasteiger partial charge in [-0.05, 0) is 6.42 Å². The molecule has 1 atom stereocenters. The van der Waals surface area contributed by atoms with E-state index in [2.05, 4.69) is 4.99 Å². The number of thioether (sulfide) groups is 1. The van der Waals surface area contributed by atoms with E-state index < -0.39 is 11.2 Å². The lowest BCUT2D eigenvalue weighted by Crippen LogP contribution is -2.36. The Kier molecular flexibility index (Phi) is 2.45. The zero-order valence-electron chi connectivity index (χ0n) is 7.47. The maximum absolute atomic E-state index is 11.6. The molecule has 14 heavy (non-hydrogen) atoms. The van der Waals surface area contributed by atoms with Crippen LogP contribution in [0, 0.1) is 0 Å². The van der Waals surface area contributed by atoms with E-state index in [9.17, 15) is 9.59 Å². The van der Waals surface area contributed by atoms with E-state index in [1.54, 1.807) is 4.90 Å². The molecular formula is C8H10N2O3S. The second-order valence-electron chi connectivity index (χ2n) is 3.21. The summed E-state index contributed by atoms with van der Waals surface area (Å²) in [7, 11) is 0. The molecule has 76 valence electrons. The average molecular weight is 214 g/mol. The minimum Gasteiger partial charge on any atom is -0.481 e. The largest absolute Gasteiger partial charge is 0.481 e. The quantitative estimate of drug-likeness (QED) is 0.711. The van der Waals surface area contributed by atoms with Gasteiger partial charge in [0.2, 0.25) is 5.91 Å². The molecule has 0 unspecified atom stereocenters. The molecule has 0 aliphatic carbocycles. The lowest BCUT2D eigenvalue weighted by atomic mass is 10.2. The molecule has 0 bridgehead atoms. The Balaban J connectivity index is 2.11. The highest BCUT2D eigenvalue weighted by molar-refractivity contribution is 8.15. The second-order valence-corrected chi connectivity index (χ2v) is 4.38. The molecule has 5 nitrogen and oxygen atoms in total. The van der Waals surface area contributed by atoms with E-state index in [4.69, 9.17) is 5.11 Å². The summed E-state index contributed by atoms with van der Waals surface area (Å²) in [5.41, 5.74) is 0. The Morgan fingerprint density at radius 3 is 3.14 bits per heavy atom. The van der Waals surface area contributed by atoms with Crippen molar-refractivity contribution in [2.75, 3.05) is 13.1 Å². The van der Waals surface area contributed by atoms with Gasteiger partial charge >= 0.3 is 5.97 Å². The molecule has 0 aromatic carbocycles. The summed E-state index contributed by atoms with van der Waals surface area (Å²) in [6.07, 6.45) is 0.759. The second kappa shape index (κ2) is 3.61. The number of amides is 1. The SMILES string of the molecule is O=C(O)C[C@H]1SC2=NCCCN2C1=O. The molecule has 1 saturated heterocycles. The fourth-order valence-electron chi connectivity index (χ4n) is 1.53. The number of amidine groups is 1. The number of aliphatic imine (C=N–C) groups is 1. The zero-order valence-corrected chi connectivity index (χ0v) is 8.29. The summed E-state index contributed by atoms with van der Waals surface area (Å²) >= 11 is 1.28. The highest BCUT2D eigenvalue weighted by Gasteiger charge is 2.39. The van der Waals surface area contributed by atoms with Crippen LogP contribution in [0.25, 0.3) is 0 Å². The number of aliphatic carboxylic acids is 1. The van der Waals surface area contributed by atoms with Crippen LogP contribution in [-0.2, 0) is 9.59 Å². The summed E-state index contributed by atoms with van der Waals surface area (Å²) < 4.78 is 0. The third-order valence-electron chi connectivity index (χ3n) is 2.17. The Morgan fingerprint density at radius 2 is 2.50 bits per heavy atom. The number of hydrogen-bond donors (Lipinski definition) is 1. The van der Waals surface area contributed by atoms with Gasteiger partial charge in [0.15, 0.2) is 5.17 Å². The number of carboxylic acid groups (broad SMARTS) is 1. The standard InChI is InChI=1S/C8H10N2O3S/c11-6(12)4-5-7(13)10-3-1-2-9-8(10)14-5/h5H,1-4H2,(H,11,12)/t5-/m1/s1. The topological polar surface area (TPSA) is 70.0 Å². The first-order valence-electron chi connectivity index (χ1n) is 4.43. The summed E-state index contributed by atoms with van der Waals surface area (Å²) in [6, 6.07) is 0. The van der Waals surface area contributed by atoms with Gasteiger partial charge in [-0.2, -0.15) is 0 Å². The third kappa shape index (κ3) is 1.61. The van der Waals surface area contributed by atoms with E-state index in [1.807, 2.05) is 0 Å². The predicted octanol–water partition coefficient (Wildman–Crippen LogP) is 0.165. The van der Waals surface area contributed by atoms with Crippen molar-refractivity contribution in [3.8, 4) is 0 Å². The maximum atomic E-state index is 11.6. The van der Waals surface area contributed by atoms with Gasteiger partial charge in [0.05, 0.1) is 6.42 Å². The number of carbonyl (C=O) groups excluding carboxylic acids is 1. The summed E-state index contributed by atoms with van der Waals surface area (Å²) in [5.74, 6) is -1.04. The fourth-order valence-corrected chi connectivity index (χ4v) is 2.71. The fraction of sp³-hybridized carbons (Fsp3) is 0.625. The lowest BCUT2D eigenvalue weighted by Gasteiger charge is -2.19. The molecule has 0 radical (unpaired) electrons. The van der Waals surface area contributed by atoms with Crippen LogP contribution in [0.3, 0.4) is 0 Å². The van der Waals surface area contributed by atoms with Crippen molar-refractivity contribution in [2.45, 2.75) is 18.1 Å². The lowest BCUT2D eigenvalue weighted by molar-refractivity contribution is -0.139. The number of carbonyl (C=O) groups is 2. The highest BCUT2D eigenvalue weighted by atomic mass is 32.2. The molecule has 2 aliphatic heterocycles. The average Bonchev–Trinajstić information content (AvgIpc) is 2.44. The first kappa shape index (κ1) is 9.51. The van der Waals surface area contributed by atoms with Crippen molar-refractivity contribution in [3.05, 3.63) is 0 Å². The van der Waals surface area contributed by atoms with Gasteiger partial charge in [0, 0.05) is 13.1 Å². The zero-order chi connectivity index (χ0) is 10.1. The van der Waals surface area contributed by atoms with E-state index in [-0.39, 0.29) is 12.3 Å². The highest BCUT2D eigenvalue weighted by Crippen LogP contribution is 2.31. The molecule has 2 aliphatic rings. The molecule has 2 rings (SSSR count). The smallest absolute Gasteiger partial charge is 0.305 e. The van der Waals surface area contributed by atoms with Crippen LogP contribution < -0.4 is 0 Å². The van der Waals surface area contributed by atoms with Crippen LogP contribution >= 0.6 is 11.8 Å². The van der Waals surface area contributed by atoms with Crippen LogP contribution in [0.1, 0.15) is 12.8 Å². The molecule has 0 spiro atoms. The van der Waals surface area contributed by atoms with Crippen LogP contribution in [0.15, 0.2) is 4.99 Å². The van der Waals surface area contributed by atoms with Crippen molar-refractivity contribution in [1.82, 2.24) is 4.90 Å². The number of carboxylic acids is 1. The van der Waals surface area contributed by atoms with E-state index in [1.165, 1.54) is 11.8 Å². The molecule has 0 saturated carbocycles. The van der Waals surface area contributed by atoms with Crippen molar-refractivity contribution >= 4 is 28.8 Å². The first-order chi connectivity index (χ1) is 6.68. The van der Waals surface area contributed by atoms with E-state index in [0.29, 0.717) is 11.7 Å². The minimum atomic E-state index is -0.934. The Bertz CT molecular complexity index is 316.